The fourth-order valence-electron chi connectivity index (χ4n) is 6.48. The lowest BCUT2D eigenvalue weighted by atomic mass is 9.74. The first-order valence-corrected chi connectivity index (χ1v) is 16.5. The van der Waals surface area contributed by atoms with Crippen molar-refractivity contribution < 1.29 is 45.7 Å². The van der Waals surface area contributed by atoms with Crippen LogP contribution in [0.25, 0.3) is 0 Å². The number of benzene rings is 2. The Morgan fingerprint density at radius 1 is 0.766 bits per heavy atom. The van der Waals surface area contributed by atoms with Gasteiger partial charge in [-0.25, -0.2) is 0 Å². The largest absolute Gasteiger partial charge is 0.416 e. The lowest BCUT2D eigenvalue weighted by Gasteiger charge is -2.39. The Labute approximate surface area is 274 Å². The molecule has 4 rings (SSSR count). The van der Waals surface area contributed by atoms with Crippen LogP contribution in [0.2, 0.25) is 0 Å². The van der Waals surface area contributed by atoms with Crippen molar-refractivity contribution in [3.8, 4) is 0 Å². The van der Waals surface area contributed by atoms with E-state index in [2.05, 4.69) is 10.6 Å². The Kier molecular flexibility index (Phi) is 15.9. The maximum atomic E-state index is 13.3. The molecule has 3 N–H and O–H groups in total. The van der Waals surface area contributed by atoms with Crippen molar-refractivity contribution in [2.45, 2.75) is 75.4 Å². The van der Waals surface area contributed by atoms with Gasteiger partial charge in [-0.3, -0.25) is 0 Å². The SMILES string of the molecule is COCCCCC(O)(c1cccc(C(F)(F)F)c1)C1CCCNC1.COCCCOC(c1ccccc1C(F)(F)F)C1CCCNC1. The van der Waals surface area contributed by atoms with Crippen LogP contribution in [-0.2, 0) is 32.2 Å². The van der Waals surface area contributed by atoms with Crippen LogP contribution in [0.3, 0.4) is 0 Å². The molecule has 266 valence electrons. The number of hydrogen-bond acceptors (Lipinski definition) is 6. The zero-order valence-corrected chi connectivity index (χ0v) is 27.4. The second kappa shape index (κ2) is 19.1. The van der Waals surface area contributed by atoms with E-state index in [-0.39, 0.29) is 17.4 Å². The van der Waals surface area contributed by atoms with Gasteiger partial charge in [0.15, 0.2) is 0 Å². The molecule has 2 fully saturated rings. The molecule has 2 aromatic rings. The predicted octanol–water partition coefficient (Wildman–Crippen LogP) is 7.51. The van der Waals surface area contributed by atoms with Crippen LogP contribution in [-0.4, -0.2) is 65.3 Å². The van der Waals surface area contributed by atoms with E-state index >= 15 is 0 Å². The monoisotopic (exact) mass is 676 g/mol. The minimum absolute atomic E-state index is 0.0507. The topological polar surface area (TPSA) is 72.0 Å². The molecule has 2 aromatic carbocycles. The molecule has 0 aromatic heterocycles. The predicted molar refractivity (Wildman–Crippen MR) is 169 cm³/mol. The summed E-state index contributed by atoms with van der Waals surface area (Å²) >= 11 is 0. The van der Waals surface area contributed by atoms with Crippen LogP contribution in [0.4, 0.5) is 26.3 Å². The lowest BCUT2D eigenvalue weighted by Crippen LogP contribution is -2.44. The van der Waals surface area contributed by atoms with Crippen LogP contribution in [0.15, 0.2) is 48.5 Å². The summed E-state index contributed by atoms with van der Waals surface area (Å²) in [6.07, 6.45) is -3.18. The number of halogens is 6. The number of hydrogen-bond donors (Lipinski definition) is 3. The molecule has 2 aliphatic heterocycles. The summed E-state index contributed by atoms with van der Waals surface area (Å²) < 4.78 is 95.0. The molecule has 4 unspecified atom stereocenters. The first-order valence-electron chi connectivity index (χ1n) is 16.5. The molecule has 0 radical (unpaired) electrons. The highest BCUT2D eigenvalue weighted by Gasteiger charge is 2.41. The number of aliphatic hydroxyl groups is 1. The summed E-state index contributed by atoms with van der Waals surface area (Å²) in [7, 11) is 3.21. The summed E-state index contributed by atoms with van der Waals surface area (Å²) in [6, 6.07) is 10.9. The van der Waals surface area contributed by atoms with Crippen molar-refractivity contribution >= 4 is 0 Å². The van der Waals surface area contributed by atoms with E-state index in [9.17, 15) is 31.4 Å². The number of alkyl halides is 6. The quantitative estimate of drug-likeness (QED) is 0.142. The smallest absolute Gasteiger partial charge is 0.385 e. The van der Waals surface area contributed by atoms with E-state index in [1.807, 2.05) is 0 Å². The van der Waals surface area contributed by atoms with Gasteiger partial charge in [0.05, 0.1) is 22.8 Å². The van der Waals surface area contributed by atoms with Gasteiger partial charge in [0, 0.05) is 59.0 Å². The number of methoxy groups -OCH3 is 2. The number of unbranched alkanes of at least 4 members (excludes halogenated alkanes) is 1. The Bertz CT molecular complexity index is 1170. The molecule has 0 bridgehead atoms. The van der Waals surface area contributed by atoms with Gasteiger partial charge in [-0.05, 0) is 93.8 Å². The van der Waals surface area contributed by atoms with Crippen molar-refractivity contribution in [1.82, 2.24) is 10.6 Å². The summed E-state index contributed by atoms with van der Waals surface area (Å²) in [5.74, 6) is -0.0351. The highest BCUT2D eigenvalue weighted by molar-refractivity contribution is 5.33. The fraction of sp³-hybridized carbons (Fsp3) is 0.657. The van der Waals surface area contributed by atoms with Gasteiger partial charge in [-0.1, -0.05) is 30.3 Å². The molecule has 0 saturated carbocycles. The average Bonchev–Trinajstić information content (AvgIpc) is 3.07. The zero-order valence-electron chi connectivity index (χ0n) is 27.4. The Morgan fingerprint density at radius 2 is 1.43 bits per heavy atom. The van der Waals surface area contributed by atoms with Crippen molar-refractivity contribution in [1.29, 1.82) is 0 Å². The number of rotatable bonds is 14. The van der Waals surface area contributed by atoms with Gasteiger partial charge < -0.3 is 30.0 Å². The van der Waals surface area contributed by atoms with E-state index in [0.29, 0.717) is 57.7 Å². The van der Waals surface area contributed by atoms with Crippen LogP contribution in [0, 0.1) is 11.8 Å². The normalized spacial score (nSPS) is 21.0. The first kappa shape index (κ1) is 39.2. The van der Waals surface area contributed by atoms with Crippen molar-refractivity contribution in [3.05, 3.63) is 70.8 Å². The third-order valence-corrected chi connectivity index (χ3v) is 8.94. The molecule has 12 heteroatoms. The van der Waals surface area contributed by atoms with Crippen LogP contribution in [0.1, 0.15) is 79.7 Å². The highest BCUT2D eigenvalue weighted by atomic mass is 19.4. The molecule has 0 aliphatic carbocycles. The van der Waals surface area contributed by atoms with Gasteiger partial charge in [0.1, 0.15) is 0 Å². The number of ether oxygens (including phenoxy) is 3. The number of piperidine rings is 2. The highest BCUT2D eigenvalue weighted by Crippen LogP contribution is 2.41. The third-order valence-electron chi connectivity index (χ3n) is 8.94. The van der Waals surface area contributed by atoms with Crippen LogP contribution in [0.5, 0.6) is 0 Å². The van der Waals surface area contributed by atoms with Gasteiger partial charge in [-0.15, -0.1) is 0 Å². The zero-order chi connectivity index (χ0) is 34.3. The number of nitrogens with one attached hydrogen (secondary N) is 2. The molecule has 0 spiro atoms. The van der Waals surface area contributed by atoms with E-state index in [1.165, 1.54) is 12.1 Å². The average molecular weight is 677 g/mol. The molecule has 47 heavy (non-hydrogen) atoms. The van der Waals surface area contributed by atoms with Crippen molar-refractivity contribution in [2.75, 3.05) is 60.2 Å². The fourth-order valence-corrected chi connectivity index (χ4v) is 6.48. The minimum Gasteiger partial charge on any atom is -0.385 e. The standard InChI is InChI=1S/C18H26F3NO2.C17H24F3NO2/c1-24-11-3-2-9-17(23,16-8-5-10-22-13-16)14-6-4-7-15(12-14)18(19,20)21;1-22-10-5-11-23-16(13-6-4-9-21-12-13)14-7-2-3-8-15(14)17(18,19)20/h4,6-7,12,16,22-23H,2-3,5,8-11,13H2,1H3;2-3,7-8,13,16,21H,4-6,9-12H2,1H3. The third kappa shape index (κ3) is 12.0. The van der Waals surface area contributed by atoms with Crippen molar-refractivity contribution in [2.24, 2.45) is 11.8 Å². The lowest BCUT2D eigenvalue weighted by molar-refractivity contribution is -0.140. The minimum atomic E-state index is -4.40. The van der Waals surface area contributed by atoms with E-state index in [4.69, 9.17) is 14.2 Å². The van der Waals surface area contributed by atoms with E-state index in [1.54, 1.807) is 32.4 Å². The van der Waals surface area contributed by atoms with E-state index < -0.39 is 35.2 Å². The Hall–Kier alpha value is -2.22. The van der Waals surface area contributed by atoms with Crippen molar-refractivity contribution in [3.63, 3.8) is 0 Å². The summed E-state index contributed by atoms with van der Waals surface area (Å²) in [6.45, 7) is 4.62. The molecule has 6 nitrogen and oxygen atoms in total. The molecule has 2 heterocycles. The molecule has 2 saturated heterocycles. The molecular weight excluding hydrogens is 626 g/mol. The second-order valence-corrected chi connectivity index (χ2v) is 12.3. The van der Waals surface area contributed by atoms with Crippen LogP contribution >= 0.6 is 0 Å². The van der Waals surface area contributed by atoms with Crippen LogP contribution < -0.4 is 10.6 Å². The maximum Gasteiger partial charge on any atom is 0.416 e. The molecular formula is C35H50F6N2O4. The maximum absolute atomic E-state index is 13.3. The first-order chi connectivity index (χ1) is 22.4. The van der Waals surface area contributed by atoms with Gasteiger partial charge in [0.25, 0.3) is 0 Å². The van der Waals surface area contributed by atoms with Gasteiger partial charge in [0.2, 0.25) is 0 Å². The van der Waals surface area contributed by atoms with E-state index in [0.717, 1.165) is 63.4 Å². The Balaban J connectivity index is 0.000000256. The molecule has 4 atom stereocenters. The van der Waals surface area contributed by atoms with Gasteiger partial charge >= 0.3 is 12.4 Å². The molecule has 2 aliphatic rings. The molecule has 0 amide bonds. The summed E-state index contributed by atoms with van der Waals surface area (Å²) in [5, 5.41) is 17.9. The summed E-state index contributed by atoms with van der Waals surface area (Å²) in [4.78, 5) is 0. The summed E-state index contributed by atoms with van der Waals surface area (Å²) in [5.41, 5.74) is -1.95. The van der Waals surface area contributed by atoms with Gasteiger partial charge in [-0.2, -0.15) is 26.3 Å². The second-order valence-electron chi connectivity index (χ2n) is 12.3. The Morgan fingerprint density at radius 3 is 2.04 bits per heavy atom.